The van der Waals surface area contributed by atoms with Gasteiger partial charge in [0.05, 0.1) is 6.04 Å². The van der Waals surface area contributed by atoms with E-state index in [1.165, 1.54) is 38.8 Å². The van der Waals surface area contributed by atoms with Crippen LogP contribution in [-0.2, 0) is 14.3 Å². The molecule has 2 aliphatic heterocycles. The second kappa shape index (κ2) is 7.37. The van der Waals surface area contributed by atoms with Crippen molar-refractivity contribution in [3.63, 3.8) is 0 Å². The first kappa shape index (κ1) is 17.5. The Balaban J connectivity index is 1.37. The normalized spacial score (nSPS) is 27.8. The van der Waals surface area contributed by atoms with Gasteiger partial charge in [0, 0.05) is 18.5 Å². The number of hydrogen-bond acceptors (Lipinski definition) is 4. The third-order valence-corrected chi connectivity index (χ3v) is 5.78. The lowest BCUT2D eigenvalue weighted by Crippen LogP contribution is -2.53. The van der Waals surface area contributed by atoms with Crippen molar-refractivity contribution in [2.24, 2.45) is 5.41 Å². The third kappa shape index (κ3) is 3.91. The molecule has 6 nitrogen and oxygen atoms in total. The molecule has 3 fully saturated rings. The number of benzene rings is 1. The van der Waals surface area contributed by atoms with E-state index in [1.54, 1.807) is 0 Å². The highest BCUT2D eigenvalue weighted by molar-refractivity contribution is 5.86. The summed E-state index contributed by atoms with van der Waals surface area (Å²) in [4.78, 5) is 27.1. The zero-order valence-electron chi connectivity index (χ0n) is 15.1. The molecule has 1 aliphatic carbocycles. The third-order valence-electron chi connectivity index (χ3n) is 5.78. The van der Waals surface area contributed by atoms with Crippen molar-refractivity contribution in [3.8, 4) is 0 Å². The fourth-order valence-corrected chi connectivity index (χ4v) is 4.06. The zero-order valence-corrected chi connectivity index (χ0v) is 15.1. The summed E-state index contributed by atoms with van der Waals surface area (Å²) in [5, 5.41) is 6.00. The van der Waals surface area contributed by atoms with E-state index in [0.717, 1.165) is 12.1 Å². The number of carbonyl (C=O) groups is 2. The van der Waals surface area contributed by atoms with Crippen molar-refractivity contribution in [2.45, 2.75) is 37.8 Å². The van der Waals surface area contributed by atoms with Gasteiger partial charge in [0.25, 0.3) is 5.91 Å². The predicted molar refractivity (Wildman–Crippen MR) is 97.4 cm³/mol. The van der Waals surface area contributed by atoms with E-state index in [0.29, 0.717) is 6.54 Å². The van der Waals surface area contributed by atoms with Crippen LogP contribution in [0.25, 0.3) is 0 Å². The highest BCUT2D eigenvalue weighted by Gasteiger charge is 2.45. The Morgan fingerprint density at radius 3 is 2.65 bits per heavy atom. The Labute approximate surface area is 154 Å². The lowest BCUT2D eigenvalue weighted by molar-refractivity contribution is -0.148. The first-order valence-corrected chi connectivity index (χ1v) is 9.61. The number of rotatable bonds is 6. The van der Waals surface area contributed by atoms with Gasteiger partial charge in [-0.05, 0) is 44.3 Å². The SMILES string of the molecule is O=C1COC(C(=O)NCC2(CN3CCCC3)CC2)C(c2ccccc2)N1. The minimum Gasteiger partial charge on any atom is -0.356 e. The molecule has 4 rings (SSSR count). The van der Waals surface area contributed by atoms with Gasteiger partial charge in [0.1, 0.15) is 6.61 Å². The summed E-state index contributed by atoms with van der Waals surface area (Å²) in [7, 11) is 0. The van der Waals surface area contributed by atoms with Gasteiger partial charge in [-0.3, -0.25) is 9.59 Å². The predicted octanol–water partition coefficient (Wildman–Crippen LogP) is 1.23. The van der Waals surface area contributed by atoms with Crippen molar-refractivity contribution in [1.29, 1.82) is 0 Å². The number of nitrogens with zero attached hydrogens (tertiary/aromatic N) is 1. The molecule has 1 aromatic rings. The maximum absolute atomic E-state index is 12.8. The van der Waals surface area contributed by atoms with E-state index >= 15 is 0 Å². The van der Waals surface area contributed by atoms with Crippen LogP contribution in [0.1, 0.15) is 37.3 Å². The molecule has 0 spiro atoms. The van der Waals surface area contributed by atoms with Gasteiger partial charge >= 0.3 is 0 Å². The summed E-state index contributed by atoms with van der Waals surface area (Å²) in [5.41, 5.74) is 1.12. The summed E-state index contributed by atoms with van der Waals surface area (Å²) >= 11 is 0. The molecule has 1 aromatic carbocycles. The standard InChI is InChI=1S/C20H27N3O3/c24-16-12-26-18(17(22-16)15-6-2-1-3-7-15)19(25)21-13-20(8-9-20)14-23-10-4-5-11-23/h1-3,6-7,17-18H,4-5,8-14H2,(H,21,25)(H,22,24). The molecule has 2 atom stereocenters. The zero-order chi connectivity index (χ0) is 18.0. The fraction of sp³-hybridized carbons (Fsp3) is 0.600. The second-order valence-electron chi connectivity index (χ2n) is 7.89. The number of likely N-dealkylation sites (tertiary alicyclic amines) is 1. The van der Waals surface area contributed by atoms with E-state index in [-0.39, 0.29) is 23.8 Å². The largest absolute Gasteiger partial charge is 0.356 e. The molecule has 1 saturated carbocycles. The van der Waals surface area contributed by atoms with Gasteiger partial charge in [-0.25, -0.2) is 0 Å². The lowest BCUT2D eigenvalue weighted by atomic mass is 9.98. The maximum atomic E-state index is 12.8. The number of hydrogen-bond donors (Lipinski definition) is 2. The number of amides is 2. The Kier molecular flexibility index (Phi) is 4.96. The quantitative estimate of drug-likeness (QED) is 0.804. The Hall–Kier alpha value is -1.92. The smallest absolute Gasteiger partial charge is 0.251 e. The summed E-state index contributed by atoms with van der Waals surface area (Å²) < 4.78 is 5.60. The van der Waals surface area contributed by atoms with E-state index in [2.05, 4.69) is 15.5 Å². The molecule has 0 radical (unpaired) electrons. The van der Waals surface area contributed by atoms with Gasteiger partial charge < -0.3 is 20.3 Å². The van der Waals surface area contributed by atoms with Crippen LogP contribution in [0.3, 0.4) is 0 Å². The molecule has 2 unspecified atom stereocenters. The van der Waals surface area contributed by atoms with Crippen LogP contribution in [0.4, 0.5) is 0 Å². The van der Waals surface area contributed by atoms with Crippen molar-refractivity contribution < 1.29 is 14.3 Å². The first-order chi connectivity index (χ1) is 12.7. The van der Waals surface area contributed by atoms with E-state index in [9.17, 15) is 9.59 Å². The number of morpholine rings is 1. The van der Waals surface area contributed by atoms with Crippen molar-refractivity contribution in [1.82, 2.24) is 15.5 Å². The van der Waals surface area contributed by atoms with E-state index in [1.807, 2.05) is 30.3 Å². The van der Waals surface area contributed by atoms with Crippen LogP contribution < -0.4 is 10.6 Å². The summed E-state index contributed by atoms with van der Waals surface area (Å²) in [5.74, 6) is -0.317. The molecule has 2 heterocycles. The number of carbonyl (C=O) groups excluding carboxylic acids is 2. The highest BCUT2D eigenvalue weighted by atomic mass is 16.5. The molecule has 0 bridgehead atoms. The second-order valence-corrected chi connectivity index (χ2v) is 7.89. The van der Waals surface area contributed by atoms with Crippen molar-refractivity contribution >= 4 is 11.8 Å². The van der Waals surface area contributed by atoms with Gasteiger partial charge in [0.15, 0.2) is 6.10 Å². The topological polar surface area (TPSA) is 70.7 Å². The van der Waals surface area contributed by atoms with Crippen LogP contribution in [0.2, 0.25) is 0 Å². The summed E-state index contributed by atoms with van der Waals surface area (Å²) in [6.07, 6.45) is 4.24. The van der Waals surface area contributed by atoms with Crippen LogP contribution >= 0.6 is 0 Å². The molecule has 2 saturated heterocycles. The van der Waals surface area contributed by atoms with Gasteiger partial charge in [-0.1, -0.05) is 30.3 Å². The monoisotopic (exact) mass is 357 g/mol. The van der Waals surface area contributed by atoms with E-state index < -0.39 is 12.1 Å². The van der Waals surface area contributed by atoms with Crippen LogP contribution in [0.5, 0.6) is 0 Å². The summed E-state index contributed by atoms with van der Waals surface area (Å²) in [6.45, 7) is 4.07. The number of ether oxygens (including phenoxy) is 1. The highest BCUT2D eigenvalue weighted by Crippen LogP contribution is 2.46. The van der Waals surface area contributed by atoms with Gasteiger partial charge in [-0.2, -0.15) is 0 Å². The van der Waals surface area contributed by atoms with Crippen LogP contribution in [0, 0.1) is 5.41 Å². The van der Waals surface area contributed by atoms with Crippen molar-refractivity contribution in [3.05, 3.63) is 35.9 Å². The molecular formula is C20H27N3O3. The van der Waals surface area contributed by atoms with E-state index in [4.69, 9.17) is 4.74 Å². The lowest BCUT2D eigenvalue weighted by Gasteiger charge is -2.32. The molecule has 140 valence electrons. The molecular weight excluding hydrogens is 330 g/mol. The molecule has 0 aromatic heterocycles. The average molecular weight is 357 g/mol. The minimum absolute atomic E-state index is 0.0691. The summed E-state index contributed by atoms with van der Waals surface area (Å²) in [6, 6.07) is 9.11. The molecule has 26 heavy (non-hydrogen) atoms. The van der Waals surface area contributed by atoms with Gasteiger partial charge in [0.2, 0.25) is 5.91 Å². The van der Waals surface area contributed by atoms with Crippen LogP contribution in [0.15, 0.2) is 30.3 Å². The Morgan fingerprint density at radius 1 is 1.23 bits per heavy atom. The maximum Gasteiger partial charge on any atom is 0.251 e. The van der Waals surface area contributed by atoms with Gasteiger partial charge in [-0.15, -0.1) is 0 Å². The molecule has 3 aliphatic rings. The average Bonchev–Trinajstić information content (AvgIpc) is 3.23. The van der Waals surface area contributed by atoms with Crippen molar-refractivity contribution in [2.75, 3.05) is 32.8 Å². The minimum atomic E-state index is -0.683. The molecule has 6 heteroatoms. The Bertz CT molecular complexity index is 654. The Morgan fingerprint density at radius 2 is 1.96 bits per heavy atom. The first-order valence-electron chi connectivity index (χ1n) is 9.61. The fourth-order valence-electron chi connectivity index (χ4n) is 4.06. The van der Waals surface area contributed by atoms with Crippen LogP contribution in [-0.4, -0.2) is 55.6 Å². The molecule has 2 amide bonds. The number of nitrogens with one attached hydrogen (secondary N) is 2. The molecule has 2 N–H and O–H groups in total.